The molecule has 6 nitrogen and oxygen atoms in total. The van der Waals surface area contributed by atoms with E-state index < -0.39 is 5.92 Å². The van der Waals surface area contributed by atoms with Crippen molar-refractivity contribution in [2.24, 2.45) is 5.92 Å². The van der Waals surface area contributed by atoms with Crippen molar-refractivity contribution in [3.8, 4) is 0 Å². The first-order chi connectivity index (χ1) is 13.7. The molecular formula is C22H26N2O4. The van der Waals surface area contributed by atoms with Gasteiger partial charge in [0.05, 0.1) is 19.1 Å². The van der Waals surface area contributed by atoms with E-state index in [4.69, 9.17) is 9.47 Å². The highest BCUT2D eigenvalue weighted by atomic mass is 16.5. The zero-order valence-electron chi connectivity index (χ0n) is 15.9. The Morgan fingerprint density at radius 3 is 2.21 bits per heavy atom. The highest BCUT2D eigenvalue weighted by Crippen LogP contribution is 2.16. The molecule has 0 bridgehead atoms. The van der Waals surface area contributed by atoms with E-state index in [0.29, 0.717) is 32.7 Å². The molecule has 3 rings (SSSR count). The molecule has 1 fully saturated rings. The number of carbonyl (C=O) groups excluding carboxylic acids is 2. The topological polar surface area (TPSA) is 67.9 Å². The molecule has 2 aromatic rings. The Bertz CT molecular complexity index is 746. The van der Waals surface area contributed by atoms with Gasteiger partial charge >= 0.3 is 5.97 Å². The second-order valence-electron chi connectivity index (χ2n) is 6.82. The number of hydrogen-bond acceptors (Lipinski definition) is 5. The summed E-state index contributed by atoms with van der Waals surface area (Å²) in [4.78, 5) is 25.2. The van der Waals surface area contributed by atoms with Crippen LogP contribution in [0.3, 0.4) is 0 Å². The van der Waals surface area contributed by atoms with E-state index in [1.165, 1.54) is 0 Å². The average molecular weight is 382 g/mol. The number of ether oxygens (including phenoxy) is 2. The van der Waals surface area contributed by atoms with Crippen molar-refractivity contribution in [3.63, 3.8) is 0 Å². The lowest BCUT2D eigenvalue weighted by Gasteiger charge is -2.27. The quantitative estimate of drug-likeness (QED) is 0.710. The van der Waals surface area contributed by atoms with E-state index in [-0.39, 0.29) is 24.9 Å². The van der Waals surface area contributed by atoms with Crippen molar-refractivity contribution in [3.05, 3.63) is 71.8 Å². The molecule has 1 aliphatic heterocycles. The van der Waals surface area contributed by atoms with Gasteiger partial charge in [0.25, 0.3) is 0 Å². The van der Waals surface area contributed by atoms with Crippen molar-refractivity contribution in [1.29, 1.82) is 0 Å². The lowest BCUT2D eigenvalue weighted by Crippen LogP contribution is -2.49. The number of amides is 1. The standard InChI is InChI=1S/C22H26N2O4/c25-21(23-24-11-13-27-14-12-24)16-20(15-18-7-3-1-4-8-18)22(26)28-17-19-9-5-2-6-10-19/h1-10,20H,11-17H2,(H,23,25). The summed E-state index contributed by atoms with van der Waals surface area (Å²) in [7, 11) is 0. The Morgan fingerprint density at radius 2 is 1.57 bits per heavy atom. The minimum absolute atomic E-state index is 0.0832. The fourth-order valence-electron chi connectivity index (χ4n) is 3.10. The molecule has 1 N–H and O–H groups in total. The van der Waals surface area contributed by atoms with Crippen LogP contribution >= 0.6 is 0 Å². The molecular weight excluding hydrogens is 356 g/mol. The zero-order chi connectivity index (χ0) is 19.6. The van der Waals surface area contributed by atoms with Crippen molar-refractivity contribution in [2.75, 3.05) is 26.3 Å². The van der Waals surface area contributed by atoms with Crippen LogP contribution < -0.4 is 5.43 Å². The Hall–Kier alpha value is -2.70. The van der Waals surface area contributed by atoms with Crippen LogP contribution in [-0.4, -0.2) is 43.2 Å². The van der Waals surface area contributed by atoms with Gasteiger partial charge in [0, 0.05) is 19.5 Å². The fraction of sp³-hybridized carbons (Fsp3) is 0.364. The maximum Gasteiger partial charge on any atom is 0.310 e. The average Bonchev–Trinajstić information content (AvgIpc) is 2.74. The SMILES string of the molecule is O=C(CC(Cc1ccccc1)C(=O)OCc1ccccc1)NN1CCOCC1. The molecule has 0 spiro atoms. The van der Waals surface area contributed by atoms with Crippen LogP contribution in [0.15, 0.2) is 60.7 Å². The van der Waals surface area contributed by atoms with Crippen LogP contribution in [-0.2, 0) is 32.1 Å². The van der Waals surface area contributed by atoms with Gasteiger partial charge in [-0.15, -0.1) is 0 Å². The highest BCUT2D eigenvalue weighted by molar-refractivity contribution is 5.83. The molecule has 0 aromatic heterocycles. The summed E-state index contributed by atoms with van der Waals surface area (Å²) in [6, 6.07) is 19.2. The molecule has 0 saturated carbocycles. The molecule has 0 aliphatic carbocycles. The number of nitrogens with zero attached hydrogens (tertiary/aromatic N) is 1. The van der Waals surface area contributed by atoms with Gasteiger partial charge in [-0.2, -0.15) is 0 Å². The summed E-state index contributed by atoms with van der Waals surface area (Å²) < 4.78 is 10.8. The minimum Gasteiger partial charge on any atom is -0.461 e. The van der Waals surface area contributed by atoms with Gasteiger partial charge in [-0.1, -0.05) is 60.7 Å². The van der Waals surface area contributed by atoms with Crippen LogP contribution in [0.2, 0.25) is 0 Å². The van der Waals surface area contributed by atoms with Gasteiger partial charge in [0.1, 0.15) is 6.61 Å². The van der Waals surface area contributed by atoms with E-state index in [1.54, 1.807) is 0 Å². The lowest BCUT2D eigenvalue weighted by atomic mass is 9.96. The fourth-order valence-corrected chi connectivity index (χ4v) is 3.10. The van der Waals surface area contributed by atoms with Gasteiger partial charge in [-0.25, -0.2) is 5.01 Å². The van der Waals surface area contributed by atoms with Crippen molar-refractivity contribution >= 4 is 11.9 Å². The van der Waals surface area contributed by atoms with Crippen molar-refractivity contribution < 1.29 is 19.1 Å². The van der Waals surface area contributed by atoms with Gasteiger partial charge in [-0.05, 0) is 17.5 Å². The second-order valence-corrected chi connectivity index (χ2v) is 6.82. The molecule has 2 aromatic carbocycles. The van der Waals surface area contributed by atoms with Crippen LogP contribution in [0, 0.1) is 5.92 Å². The third-order valence-electron chi connectivity index (χ3n) is 4.61. The summed E-state index contributed by atoms with van der Waals surface area (Å²) >= 11 is 0. The number of carbonyl (C=O) groups is 2. The van der Waals surface area contributed by atoms with Gasteiger partial charge in [0.2, 0.25) is 5.91 Å². The largest absolute Gasteiger partial charge is 0.461 e. The minimum atomic E-state index is -0.535. The number of rotatable bonds is 8. The van der Waals surface area contributed by atoms with E-state index in [1.807, 2.05) is 65.7 Å². The Morgan fingerprint density at radius 1 is 0.964 bits per heavy atom. The molecule has 0 radical (unpaired) electrons. The Labute approximate surface area is 165 Å². The summed E-state index contributed by atoms with van der Waals surface area (Å²) in [6.45, 7) is 2.68. The first-order valence-corrected chi connectivity index (χ1v) is 9.57. The number of esters is 1. The first-order valence-electron chi connectivity index (χ1n) is 9.57. The number of nitrogens with one attached hydrogen (secondary N) is 1. The predicted octanol–water partition coefficient (Wildman–Crippen LogP) is 2.34. The van der Waals surface area contributed by atoms with E-state index in [9.17, 15) is 9.59 Å². The summed E-state index contributed by atoms with van der Waals surface area (Å²) in [5.41, 5.74) is 4.80. The number of hydrogen-bond donors (Lipinski definition) is 1. The summed E-state index contributed by atoms with van der Waals surface area (Å²) in [6.07, 6.45) is 0.546. The molecule has 1 heterocycles. The van der Waals surface area contributed by atoms with E-state index >= 15 is 0 Å². The van der Waals surface area contributed by atoms with Crippen molar-refractivity contribution in [1.82, 2.24) is 10.4 Å². The van der Waals surface area contributed by atoms with Crippen LogP contribution in [0.1, 0.15) is 17.5 Å². The maximum absolute atomic E-state index is 12.7. The maximum atomic E-state index is 12.7. The smallest absolute Gasteiger partial charge is 0.310 e. The second kappa shape index (κ2) is 10.6. The molecule has 1 atom stereocenters. The van der Waals surface area contributed by atoms with Crippen molar-refractivity contribution in [2.45, 2.75) is 19.4 Å². The normalized spacial score (nSPS) is 15.6. The Balaban J connectivity index is 1.60. The predicted molar refractivity (Wildman–Crippen MR) is 105 cm³/mol. The first kappa shape index (κ1) is 20.0. The zero-order valence-corrected chi connectivity index (χ0v) is 15.9. The van der Waals surface area contributed by atoms with Crippen LogP contribution in [0.5, 0.6) is 0 Å². The van der Waals surface area contributed by atoms with Gasteiger partial charge in [-0.3, -0.25) is 15.0 Å². The molecule has 1 unspecified atom stereocenters. The monoisotopic (exact) mass is 382 g/mol. The summed E-state index contributed by atoms with van der Waals surface area (Å²) in [5, 5.41) is 1.83. The van der Waals surface area contributed by atoms with Gasteiger partial charge in [0.15, 0.2) is 0 Å². The third kappa shape index (κ3) is 6.48. The summed E-state index contributed by atoms with van der Waals surface area (Å²) in [5.74, 6) is -1.07. The number of hydrazine groups is 1. The molecule has 6 heteroatoms. The Kier molecular flexibility index (Phi) is 7.58. The number of benzene rings is 2. The molecule has 1 saturated heterocycles. The molecule has 28 heavy (non-hydrogen) atoms. The molecule has 1 amide bonds. The van der Waals surface area contributed by atoms with E-state index in [2.05, 4.69) is 5.43 Å². The molecule has 148 valence electrons. The molecule has 1 aliphatic rings. The third-order valence-corrected chi connectivity index (χ3v) is 4.61. The number of morpholine rings is 1. The van der Waals surface area contributed by atoms with E-state index in [0.717, 1.165) is 11.1 Å². The lowest BCUT2D eigenvalue weighted by molar-refractivity contribution is -0.152. The van der Waals surface area contributed by atoms with Crippen LogP contribution in [0.4, 0.5) is 0 Å². The van der Waals surface area contributed by atoms with Gasteiger partial charge < -0.3 is 9.47 Å². The van der Waals surface area contributed by atoms with Crippen LogP contribution in [0.25, 0.3) is 0 Å². The highest BCUT2D eigenvalue weighted by Gasteiger charge is 2.25.